The molecule has 0 amide bonds. The Kier molecular flexibility index (Phi) is 1.52. The molecule has 4 heteroatoms. The van der Waals surface area contributed by atoms with E-state index in [2.05, 4.69) is 0 Å². The largest absolute Gasteiger partial charge is 0.374 e. The van der Waals surface area contributed by atoms with Crippen LogP contribution in [0.2, 0.25) is 0 Å². The van der Waals surface area contributed by atoms with Crippen LogP contribution in [0.1, 0.15) is 25.7 Å². The fraction of sp³-hybridized carbons (Fsp3) is 0.875. The number of rotatable bonds is 0. The molecule has 0 aromatic carbocycles. The van der Waals surface area contributed by atoms with Gasteiger partial charge in [0.05, 0.1) is 12.2 Å². The van der Waals surface area contributed by atoms with Gasteiger partial charge in [-0.1, -0.05) is 0 Å². The van der Waals surface area contributed by atoms with E-state index in [1.165, 1.54) is 0 Å². The Morgan fingerprint density at radius 3 is 2.50 bits per heavy atom. The Morgan fingerprint density at radius 2 is 2.00 bits per heavy atom. The van der Waals surface area contributed by atoms with Crippen LogP contribution in [0.25, 0.3) is 0 Å². The average molecular weight is 176 g/mol. The van der Waals surface area contributed by atoms with Crippen LogP contribution in [0.15, 0.2) is 0 Å². The molecule has 12 heavy (non-hydrogen) atoms. The summed E-state index contributed by atoms with van der Waals surface area (Å²) in [5.74, 6) is -2.55. The number of ether oxygens (including phenoxy) is 1. The highest BCUT2D eigenvalue weighted by molar-refractivity contribution is 5.80. The maximum atomic E-state index is 12.5. The molecule has 2 aliphatic rings. The summed E-state index contributed by atoms with van der Waals surface area (Å²) in [4.78, 5) is 11.0. The SMILES string of the molecule is O=C1CCOC2(C1)CC(F)(F)C2. The number of carbonyl (C=O) groups is 1. The smallest absolute Gasteiger partial charge is 0.253 e. The van der Waals surface area contributed by atoms with Gasteiger partial charge in [0.2, 0.25) is 0 Å². The zero-order valence-corrected chi connectivity index (χ0v) is 6.61. The Morgan fingerprint density at radius 1 is 1.33 bits per heavy atom. The van der Waals surface area contributed by atoms with E-state index in [9.17, 15) is 13.6 Å². The molecule has 1 heterocycles. The van der Waals surface area contributed by atoms with E-state index in [1.807, 2.05) is 0 Å². The van der Waals surface area contributed by atoms with Crippen LogP contribution in [0.3, 0.4) is 0 Å². The molecule has 0 N–H and O–H groups in total. The van der Waals surface area contributed by atoms with E-state index in [4.69, 9.17) is 4.74 Å². The van der Waals surface area contributed by atoms with Gasteiger partial charge in [-0.15, -0.1) is 0 Å². The van der Waals surface area contributed by atoms with Crippen molar-refractivity contribution in [2.45, 2.75) is 37.2 Å². The zero-order chi connectivity index (χ0) is 8.82. The molecule has 2 rings (SSSR count). The zero-order valence-electron chi connectivity index (χ0n) is 6.61. The Hall–Kier alpha value is -0.510. The number of Topliss-reactive ketones (excluding diaryl/α,β-unsaturated/α-hetero) is 1. The predicted octanol–water partition coefficient (Wildman–Crippen LogP) is 1.53. The van der Waals surface area contributed by atoms with Crippen molar-refractivity contribution in [2.24, 2.45) is 0 Å². The van der Waals surface area contributed by atoms with Crippen LogP contribution >= 0.6 is 0 Å². The van der Waals surface area contributed by atoms with Crippen molar-refractivity contribution in [3.05, 3.63) is 0 Å². The van der Waals surface area contributed by atoms with Gasteiger partial charge in [-0.05, 0) is 0 Å². The van der Waals surface area contributed by atoms with Crippen LogP contribution in [-0.2, 0) is 9.53 Å². The molecule has 1 saturated carbocycles. The summed E-state index contributed by atoms with van der Waals surface area (Å²) in [6, 6.07) is 0. The lowest BCUT2D eigenvalue weighted by Gasteiger charge is -2.48. The van der Waals surface area contributed by atoms with Crippen molar-refractivity contribution >= 4 is 5.78 Å². The minimum Gasteiger partial charge on any atom is -0.374 e. The highest BCUT2D eigenvalue weighted by Crippen LogP contribution is 2.51. The third-order valence-corrected chi connectivity index (χ3v) is 2.47. The minimum atomic E-state index is -2.60. The number of ketones is 1. The highest BCUT2D eigenvalue weighted by Gasteiger charge is 2.59. The number of hydrogen-bond acceptors (Lipinski definition) is 2. The van der Waals surface area contributed by atoms with Crippen LogP contribution in [0.4, 0.5) is 8.78 Å². The normalized spacial score (nSPS) is 31.7. The van der Waals surface area contributed by atoms with Gasteiger partial charge >= 0.3 is 0 Å². The first kappa shape index (κ1) is 8.10. The first-order valence-electron chi connectivity index (χ1n) is 4.05. The molecule has 68 valence electrons. The summed E-state index contributed by atoms with van der Waals surface area (Å²) < 4.78 is 30.2. The van der Waals surface area contributed by atoms with Crippen LogP contribution in [-0.4, -0.2) is 23.9 Å². The number of alkyl halides is 2. The average Bonchev–Trinajstić information content (AvgIpc) is 1.81. The lowest BCUT2D eigenvalue weighted by Crippen LogP contribution is -2.56. The van der Waals surface area contributed by atoms with Gasteiger partial charge < -0.3 is 4.74 Å². The molecule has 1 saturated heterocycles. The van der Waals surface area contributed by atoms with Crippen molar-refractivity contribution in [3.63, 3.8) is 0 Å². The van der Waals surface area contributed by atoms with E-state index in [-0.39, 0.29) is 25.0 Å². The van der Waals surface area contributed by atoms with E-state index in [0.717, 1.165) is 0 Å². The lowest BCUT2D eigenvalue weighted by molar-refractivity contribution is -0.237. The molecule has 2 fully saturated rings. The van der Waals surface area contributed by atoms with Crippen LogP contribution < -0.4 is 0 Å². The van der Waals surface area contributed by atoms with Gasteiger partial charge in [0.1, 0.15) is 5.78 Å². The standard InChI is InChI=1S/C8H10F2O2/c9-8(10)4-7(5-8)3-6(11)1-2-12-7/h1-5H2. The summed E-state index contributed by atoms with van der Waals surface area (Å²) in [6.07, 6.45) is 0.0212. The molecule has 1 aliphatic carbocycles. The molecular formula is C8H10F2O2. The lowest BCUT2D eigenvalue weighted by atomic mass is 9.72. The quantitative estimate of drug-likeness (QED) is 0.559. The monoisotopic (exact) mass is 176 g/mol. The summed E-state index contributed by atoms with van der Waals surface area (Å²) in [6.45, 7) is 0.314. The van der Waals surface area contributed by atoms with E-state index >= 15 is 0 Å². The molecule has 1 aliphatic heterocycles. The third kappa shape index (κ3) is 1.24. The molecule has 0 aromatic rings. The Balaban J connectivity index is 2.01. The molecule has 0 unspecified atom stereocenters. The van der Waals surface area contributed by atoms with Crippen molar-refractivity contribution < 1.29 is 18.3 Å². The van der Waals surface area contributed by atoms with Gasteiger partial charge in [0.15, 0.2) is 0 Å². The maximum absolute atomic E-state index is 12.5. The molecule has 0 atom stereocenters. The summed E-state index contributed by atoms with van der Waals surface area (Å²) in [5, 5.41) is 0. The van der Waals surface area contributed by atoms with Gasteiger partial charge in [-0.2, -0.15) is 0 Å². The van der Waals surface area contributed by atoms with E-state index in [1.54, 1.807) is 0 Å². The maximum Gasteiger partial charge on any atom is 0.253 e. The van der Waals surface area contributed by atoms with Gasteiger partial charge in [-0.3, -0.25) is 4.79 Å². The van der Waals surface area contributed by atoms with Crippen molar-refractivity contribution in [1.82, 2.24) is 0 Å². The molecule has 0 bridgehead atoms. The minimum absolute atomic E-state index is 0.0525. The Labute approximate surface area is 68.9 Å². The van der Waals surface area contributed by atoms with Gasteiger partial charge in [0, 0.05) is 25.7 Å². The molecule has 1 spiro atoms. The number of hydrogen-bond donors (Lipinski definition) is 0. The molecule has 0 radical (unpaired) electrons. The van der Waals surface area contributed by atoms with Crippen LogP contribution in [0.5, 0.6) is 0 Å². The summed E-state index contributed by atoms with van der Waals surface area (Å²) >= 11 is 0. The summed E-state index contributed by atoms with van der Waals surface area (Å²) in [7, 11) is 0. The molecular weight excluding hydrogens is 166 g/mol. The first-order chi connectivity index (χ1) is 5.52. The fourth-order valence-corrected chi connectivity index (χ4v) is 2.00. The van der Waals surface area contributed by atoms with Crippen molar-refractivity contribution in [3.8, 4) is 0 Å². The summed E-state index contributed by atoms with van der Waals surface area (Å²) in [5.41, 5.74) is -0.793. The molecule has 0 aromatic heterocycles. The van der Waals surface area contributed by atoms with Gasteiger partial charge in [-0.25, -0.2) is 8.78 Å². The highest BCUT2D eigenvalue weighted by atomic mass is 19.3. The second-order valence-electron chi connectivity index (χ2n) is 3.71. The Bertz CT molecular complexity index is 217. The first-order valence-corrected chi connectivity index (χ1v) is 4.05. The predicted molar refractivity (Wildman–Crippen MR) is 37.1 cm³/mol. The van der Waals surface area contributed by atoms with E-state index < -0.39 is 11.5 Å². The molecule has 2 nitrogen and oxygen atoms in total. The second kappa shape index (κ2) is 2.25. The van der Waals surface area contributed by atoms with E-state index in [0.29, 0.717) is 13.0 Å². The van der Waals surface area contributed by atoms with Gasteiger partial charge in [0.25, 0.3) is 5.92 Å². The topological polar surface area (TPSA) is 26.3 Å². The number of halogens is 2. The number of carbonyl (C=O) groups excluding carboxylic acids is 1. The second-order valence-corrected chi connectivity index (χ2v) is 3.71. The van der Waals surface area contributed by atoms with Crippen LogP contribution in [0, 0.1) is 0 Å². The van der Waals surface area contributed by atoms with Crippen molar-refractivity contribution in [1.29, 1.82) is 0 Å². The fourth-order valence-electron chi connectivity index (χ4n) is 2.00. The third-order valence-electron chi connectivity index (χ3n) is 2.47. The van der Waals surface area contributed by atoms with Crippen molar-refractivity contribution in [2.75, 3.05) is 6.61 Å².